The van der Waals surface area contributed by atoms with Gasteiger partial charge in [0.15, 0.2) is 5.43 Å². The van der Waals surface area contributed by atoms with Crippen LogP contribution >= 0.6 is 0 Å². The molecule has 3 aromatic rings. The van der Waals surface area contributed by atoms with E-state index in [4.69, 9.17) is 10.00 Å². The Kier molecular flexibility index (Phi) is 2.94. The first-order valence-electron chi connectivity index (χ1n) is 6.06. The third-order valence-corrected chi connectivity index (χ3v) is 2.90. The number of pyridine rings is 1. The fraction of sp³-hybridized carbons (Fsp3) is 0. The molecule has 1 N–H and O–H groups in total. The molecule has 4 nitrogen and oxygen atoms in total. The summed E-state index contributed by atoms with van der Waals surface area (Å²) in [6.45, 7) is 0. The zero-order valence-corrected chi connectivity index (χ0v) is 10.5. The number of nitrogens with zero attached hydrogens (tertiary/aromatic N) is 1. The van der Waals surface area contributed by atoms with Crippen molar-refractivity contribution in [2.24, 2.45) is 0 Å². The SMILES string of the molecule is N#Cc1cc(=O)c2cc(Oc3ccccc3)ccc2[nH]1. The minimum absolute atomic E-state index is 0.200. The monoisotopic (exact) mass is 262 g/mol. The lowest BCUT2D eigenvalue weighted by Crippen LogP contribution is -2.03. The average Bonchev–Trinajstić information content (AvgIpc) is 2.48. The van der Waals surface area contributed by atoms with Crippen LogP contribution < -0.4 is 10.2 Å². The zero-order chi connectivity index (χ0) is 13.9. The summed E-state index contributed by atoms with van der Waals surface area (Å²) in [5.74, 6) is 1.29. The third kappa shape index (κ3) is 2.25. The van der Waals surface area contributed by atoms with Crippen LogP contribution in [0.25, 0.3) is 10.9 Å². The number of benzene rings is 2. The minimum atomic E-state index is -0.200. The summed E-state index contributed by atoms with van der Waals surface area (Å²) >= 11 is 0. The lowest BCUT2D eigenvalue weighted by Gasteiger charge is -2.06. The highest BCUT2D eigenvalue weighted by Crippen LogP contribution is 2.23. The van der Waals surface area contributed by atoms with Crippen molar-refractivity contribution in [1.82, 2.24) is 4.98 Å². The van der Waals surface area contributed by atoms with Gasteiger partial charge in [-0.1, -0.05) is 18.2 Å². The van der Waals surface area contributed by atoms with Crippen molar-refractivity contribution < 1.29 is 4.74 Å². The highest BCUT2D eigenvalue weighted by molar-refractivity contribution is 5.80. The molecular weight excluding hydrogens is 252 g/mol. The number of ether oxygens (including phenoxy) is 1. The summed E-state index contributed by atoms with van der Waals surface area (Å²) in [5.41, 5.74) is 0.669. The quantitative estimate of drug-likeness (QED) is 0.771. The number of fused-ring (bicyclic) bond motifs is 1. The molecule has 3 rings (SSSR count). The first kappa shape index (κ1) is 12.0. The van der Waals surface area contributed by atoms with Crippen LogP contribution in [0.4, 0.5) is 0 Å². The summed E-state index contributed by atoms with van der Waals surface area (Å²) in [5, 5.41) is 9.32. The summed E-state index contributed by atoms with van der Waals surface area (Å²) in [4.78, 5) is 14.8. The Morgan fingerprint density at radius 3 is 2.55 bits per heavy atom. The van der Waals surface area contributed by atoms with E-state index in [1.807, 2.05) is 36.4 Å². The molecule has 0 atom stereocenters. The van der Waals surface area contributed by atoms with Gasteiger partial charge < -0.3 is 9.72 Å². The van der Waals surface area contributed by atoms with Gasteiger partial charge in [-0.25, -0.2) is 0 Å². The molecule has 0 radical (unpaired) electrons. The second kappa shape index (κ2) is 4.90. The lowest BCUT2D eigenvalue weighted by molar-refractivity contribution is 0.483. The molecule has 1 heterocycles. The number of hydrogen-bond acceptors (Lipinski definition) is 3. The van der Waals surface area contributed by atoms with Crippen LogP contribution in [0.2, 0.25) is 0 Å². The molecule has 4 heteroatoms. The van der Waals surface area contributed by atoms with Gasteiger partial charge in [0, 0.05) is 11.5 Å². The third-order valence-electron chi connectivity index (χ3n) is 2.90. The average molecular weight is 262 g/mol. The van der Waals surface area contributed by atoms with Crippen LogP contribution in [-0.4, -0.2) is 4.98 Å². The molecule has 0 unspecified atom stereocenters. The molecule has 0 aliphatic rings. The molecule has 20 heavy (non-hydrogen) atoms. The summed E-state index contributed by atoms with van der Waals surface area (Å²) in [7, 11) is 0. The molecule has 0 bridgehead atoms. The van der Waals surface area contributed by atoms with E-state index >= 15 is 0 Å². The predicted molar refractivity (Wildman–Crippen MR) is 75.8 cm³/mol. The number of para-hydroxylation sites is 1. The van der Waals surface area contributed by atoms with E-state index in [-0.39, 0.29) is 11.1 Å². The molecule has 0 saturated heterocycles. The smallest absolute Gasteiger partial charge is 0.190 e. The molecule has 2 aromatic carbocycles. The van der Waals surface area contributed by atoms with Gasteiger partial charge in [0.1, 0.15) is 23.3 Å². The highest BCUT2D eigenvalue weighted by Gasteiger charge is 2.04. The zero-order valence-electron chi connectivity index (χ0n) is 10.5. The van der Waals surface area contributed by atoms with E-state index < -0.39 is 0 Å². The Hall–Kier alpha value is -3.06. The first-order valence-corrected chi connectivity index (χ1v) is 6.06. The molecule has 0 fully saturated rings. The number of nitriles is 1. The normalized spacial score (nSPS) is 10.2. The van der Waals surface area contributed by atoms with Crippen LogP contribution in [0.5, 0.6) is 11.5 Å². The van der Waals surface area contributed by atoms with E-state index in [0.29, 0.717) is 22.4 Å². The number of H-pyrrole nitrogens is 1. The maximum absolute atomic E-state index is 11.9. The number of rotatable bonds is 2. The maximum atomic E-state index is 11.9. The molecular formula is C16H10N2O2. The van der Waals surface area contributed by atoms with E-state index in [0.717, 1.165) is 0 Å². The molecule has 0 aliphatic carbocycles. The summed E-state index contributed by atoms with van der Waals surface area (Å²) in [6, 6.07) is 17.7. The van der Waals surface area contributed by atoms with E-state index in [1.54, 1.807) is 18.2 Å². The first-order chi connectivity index (χ1) is 9.76. The standard InChI is InChI=1S/C16H10N2O2/c17-10-11-8-16(19)14-9-13(6-7-15(14)18-11)20-12-4-2-1-3-5-12/h1-9H,(H,18,19). The van der Waals surface area contributed by atoms with Crippen molar-refractivity contribution in [1.29, 1.82) is 5.26 Å². The Balaban J connectivity index is 2.06. The van der Waals surface area contributed by atoms with Crippen molar-refractivity contribution in [3.05, 3.63) is 70.5 Å². The molecule has 1 aromatic heterocycles. The van der Waals surface area contributed by atoms with Gasteiger partial charge in [-0.3, -0.25) is 4.79 Å². The van der Waals surface area contributed by atoms with Gasteiger partial charge in [-0.05, 0) is 30.3 Å². The van der Waals surface area contributed by atoms with Crippen molar-refractivity contribution in [3.63, 3.8) is 0 Å². The number of hydrogen-bond donors (Lipinski definition) is 1. The Morgan fingerprint density at radius 2 is 1.80 bits per heavy atom. The summed E-state index contributed by atoms with van der Waals surface area (Å²) < 4.78 is 5.68. The number of aromatic amines is 1. The van der Waals surface area contributed by atoms with Crippen LogP contribution in [0.3, 0.4) is 0 Å². The van der Waals surface area contributed by atoms with E-state index in [9.17, 15) is 4.79 Å². The van der Waals surface area contributed by atoms with Crippen molar-refractivity contribution in [2.45, 2.75) is 0 Å². The molecule has 0 amide bonds. The Morgan fingerprint density at radius 1 is 1.00 bits per heavy atom. The summed E-state index contributed by atoms with van der Waals surface area (Å²) in [6.07, 6.45) is 0. The molecule has 0 saturated carbocycles. The Bertz CT molecular complexity index is 861. The highest BCUT2D eigenvalue weighted by atomic mass is 16.5. The second-order valence-corrected chi connectivity index (χ2v) is 4.28. The fourth-order valence-electron chi connectivity index (χ4n) is 1.97. The Labute approximate surface area is 114 Å². The van der Waals surface area contributed by atoms with Gasteiger partial charge >= 0.3 is 0 Å². The number of nitrogens with one attached hydrogen (secondary N) is 1. The van der Waals surface area contributed by atoms with Gasteiger partial charge in [0.25, 0.3) is 0 Å². The lowest BCUT2D eigenvalue weighted by atomic mass is 10.2. The van der Waals surface area contributed by atoms with Crippen molar-refractivity contribution >= 4 is 10.9 Å². The van der Waals surface area contributed by atoms with Crippen LogP contribution in [0.1, 0.15) is 5.69 Å². The van der Waals surface area contributed by atoms with Gasteiger partial charge in [-0.15, -0.1) is 0 Å². The van der Waals surface area contributed by atoms with E-state index in [2.05, 4.69) is 4.98 Å². The minimum Gasteiger partial charge on any atom is -0.457 e. The largest absolute Gasteiger partial charge is 0.457 e. The predicted octanol–water partition coefficient (Wildman–Crippen LogP) is 3.19. The topological polar surface area (TPSA) is 65.9 Å². The number of aromatic nitrogens is 1. The van der Waals surface area contributed by atoms with E-state index in [1.165, 1.54) is 6.07 Å². The second-order valence-electron chi connectivity index (χ2n) is 4.28. The van der Waals surface area contributed by atoms with Gasteiger partial charge in [-0.2, -0.15) is 5.26 Å². The molecule has 96 valence electrons. The van der Waals surface area contributed by atoms with Crippen molar-refractivity contribution in [3.8, 4) is 17.6 Å². The van der Waals surface area contributed by atoms with Crippen molar-refractivity contribution in [2.75, 3.05) is 0 Å². The maximum Gasteiger partial charge on any atom is 0.190 e. The van der Waals surface area contributed by atoms with Gasteiger partial charge in [0.05, 0.1) is 5.52 Å². The van der Waals surface area contributed by atoms with Crippen LogP contribution in [0, 0.1) is 11.3 Å². The molecule has 0 aliphatic heterocycles. The fourth-order valence-corrected chi connectivity index (χ4v) is 1.97. The van der Waals surface area contributed by atoms with Gasteiger partial charge in [0.2, 0.25) is 0 Å². The molecule has 0 spiro atoms. The van der Waals surface area contributed by atoms with Crippen LogP contribution in [0.15, 0.2) is 59.4 Å². The van der Waals surface area contributed by atoms with Crippen LogP contribution in [-0.2, 0) is 0 Å².